The highest BCUT2D eigenvalue weighted by molar-refractivity contribution is 5.89. The third kappa shape index (κ3) is 2.75. The molecular formula is C8H9F3O2. The molecule has 0 aromatic carbocycles. The molecule has 0 aromatic heterocycles. The van der Waals surface area contributed by atoms with Crippen LogP contribution < -0.4 is 0 Å². The van der Waals surface area contributed by atoms with Gasteiger partial charge >= 0.3 is 12.1 Å². The molecule has 0 atom stereocenters. The Bertz CT molecular complexity index is 238. The second kappa shape index (κ2) is 3.40. The van der Waals surface area contributed by atoms with E-state index in [1.54, 1.807) is 0 Å². The van der Waals surface area contributed by atoms with Crippen molar-refractivity contribution in [2.45, 2.75) is 19.0 Å². The molecule has 0 saturated heterocycles. The molecule has 0 aliphatic heterocycles. The van der Waals surface area contributed by atoms with Gasteiger partial charge in [-0.2, -0.15) is 13.2 Å². The van der Waals surface area contributed by atoms with Gasteiger partial charge < -0.3 is 4.74 Å². The molecular weight excluding hydrogens is 185 g/mol. The normalized spacial score (nSPS) is 18.6. The molecule has 0 aromatic rings. The smallest absolute Gasteiger partial charge is 0.423 e. The van der Waals surface area contributed by atoms with Crippen LogP contribution in [-0.4, -0.2) is 19.3 Å². The van der Waals surface area contributed by atoms with Crippen LogP contribution in [0, 0.1) is 5.92 Å². The van der Waals surface area contributed by atoms with E-state index in [1.807, 2.05) is 0 Å². The van der Waals surface area contributed by atoms with Crippen molar-refractivity contribution in [1.29, 1.82) is 0 Å². The molecule has 1 aliphatic rings. The maximum absolute atomic E-state index is 12.2. The lowest BCUT2D eigenvalue weighted by Crippen LogP contribution is -2.21. The fraction of sp³-hybridized carbons (Fsp3) is 0.625. The average molecular weight is 194 g/mol. The van der Waals surface area contributed by atoms with Crippen molar-refractivity contribution in [3.05, 3.63) is 11.6 Å². The fourth-order valence-corrected chi connectivity index (χ4v) is 0.887. The quantitative estimate of drug-likeness (QED) is 0.496. The van der Waals surface area contributed by atoms with Gasteiger partial charge in [-0.3, -0.25) is 0 Å². The van der Waals surface area contributed by atoms with Gasteiger partial charge in [0.15, 0.2) is 0 Å². The monoisotopic (exact) mass is 194 g/mol. The summed E-state index contributed by atoms with van der Waals surface area (Å²) >= 11 is 0. The van der Waals surface area contributed by atoms with Crippen molar-refractivity contribution in [3.8, 4) is 0 Å². The molecule has 1 fully saturated rings. The van der Waals surface area contributed by atoms with Gasteiger partial charge in [0.2, 0.25) is 0 Å². The van der Waals surface area contributed by atoms with Crippen LogP contribution in [0.1, 0.15) is 12.8 Å². The Morgan fingerprint density at radius 1 is 1.46 bits per heavy atom. The number of esters is 1. The van der Waals surface area contributed by atoms with Crippen molar-refractivity contribution >= 4 is 5.97 Å². The van der Waals surface area contributed by atoms with Crippen LogP contribution in [0.2, 0.25) is 0 Å². The Kier molecular flexibility index (Phi) is 2.63. The maximum Gasteiger partial charge on any atom is 0.423 e. The lowest BCUT2D eigenvalue weighted by atomic mass is 10.2. The summed E-state index contributed by atoms with van der Waals surface area (Å²) in [6, 6.07) is 0. The van der Waals surface area contributed by atoms with Gasteiger partial charge in [0.25, 0.3) is 0 Å². The zero-order valence-electron chi connectivity index (χ0n) is 7.02. The molecule has 0 unspecified atom stereocenters. The molecule has 5 heteroatoms. The summed E-state index contributed by atoms with van der Waals surface area (Å²) in [6.45, 7) is 0. The van der Waals surface area contributed by atoms with E-state index in [9.17, 15) is 18.0 Å². The third-order valence-electron chi connectivity index (χ3n) is 1.74. The minimum absolute atomic E-state index is 0.101. The minimum atomic E-state index is -4.60. The van der Waals surface area contributed by atoms with E-state index < -0.39 is 17.7 Å². The van der Waals surface area contributed by atoms with E-state index in [4.69, 9.17) is 0 Å². The van der Waals surface area contributed by atoms with Gasteiger partial charge in [0, 0.05) is 0 Å². The van der Waals surface area contributed by atoms with E-state index >= 15 is 0 Å². The number of rotatable bonds is 2. The Morgan fingerprint density at radius 2 is 2.00 bits per heavy atom. The van der Waals surface area contributed by atoms with Gasteiger partial charge in [0.05, 0.1) is 7.11 Å². The van der Waals surface area contributed by atoms with Gasteiger partial charge in [0.1, 0.15) is 5.57 Å². The fourth-order valence-electron chi connectivity index (χ4n) is 0.887. The highest BCUT2D eigenvalue weighted by Gasteiger charge is 2.40. The zero-order chi connectivity index (χ0) is 10.1. The van der Waals surface area contributed by atoms with Crippen molar-refractivity contribution < 1.29 is 22.7 Å². The van der Waals surface area contributed by atoms with Crippen LogP contribution in [-0.2, 0) is 9.53 Å². The van der Waals surface area contributed by atoms with Gasteiger partial charge in [-0.15, -0.1) is 0 Å². The van der Waals surface area contributed by atoms with Crippen molar-refractivity contribution in [2.75, 3.05) is 7.11 Å². The molecule has 1 rings (SSSR count). The second-order valence-electron chi connectivity index (χ2n) is 2.91. The first-order chi connectivity index (χ1) is 5.95. The van der Waals surface area contributed by atoms with Gasteiger partial charge in [-0.05, 0) is 18.8 Å². The van der Waals surface area contributed by atoms with Gasteiger partial charge in [-0.25, -0.2) is 4.79 Å². The van der Waals surface area contributed by atoms with Crippen molar-refractivity contribution in [1.82, 2.24) is 0 Å². The van der Waals surface area contributed by atoms with E-state index in [2.05, 4.69) is 4.74 Å². The summed E-state index contributed by atoms with van der Waals surface area (Å²) in [6.07, 6.45) is -2.21. The molecule has 74 valence electrons. The number of carbonyl (C=O) groups is 1. The summed E-state index contributed by atoms with van der Waals surface area (Å²) in [5.74, 6) is -1.41. The molecule has 2 nitrogen and oxygen atoms in total. The first kappa shape index (κ1) is 10.1. The summed E-state index contributed by atoms with van der Waals surface area (Å²) in [5, 5.41) is 0. The number of carbonyl (C=O) groups excluding carboxylic acids is 1. The number of hydrogen-bond acceptors (Lipinski definition) is 2. The van der Waals surface area contributed by atoms with Crippen LogP contribution in [0.4, 0.5) is 13.2 Å². The maximum atomic E-state index is 12.2. The Hall–Kier alpha value is -1.00. The number of hydrogen-bond donors (Lipinski definition) is 0. The average Bonchev–Trinajstić information content (AvgIpc) is 2.80. The minimum Gasteiger partial charge on any atom is -0.465 e. The van der Waals surface area contributed by atoms with E-state index in [0.29, 0.717) is 0 Å². The second-order valence-corrected chi connectivity index (χ2v) is 2.91. The molecule has 0 heterocycles. The molecule has 0 N–H and O–H groups in total. The van der Waals surface area contributed by atoms with E-state index in [0.717, 1.165) is 26.0 Å². The molecule has 1 saturated carbocycles. The predicted octanol–water partition coefficient (Wildman–Crippen LogP) is 2.06. The highest BCUT2D eigenvalue weighted by Crippen LogP contribution is 2.36. The molecule has 13 heavy (non-hydrogen) atoms. The van der Waals surface area contributed by atoms with Crippen LogP contribution >= 0.6 is 0 Å². The standard InChI is InChI=1S/C8H9F3O2/c1-13-7(12)6(8(9,10)11)4-5-2-3-5/h4-5H,2-3H2,1H3. The Morgan fingerprint density at radius 3 is 2.31 bits per heavy atom. The van der Waals surface area contributed by atoms with Crippen LogP contribution in [0.5, 0.6) is 0 Å². The van der Waals surface area contributed by atoms with Crippen LogP contribution in [0.25, 0.3) is 0 Å². The predicted molar refractivity (Wildman–Crippen MR) is 38.9 cm³/mol. The first-order valence-corrected chi connectivity index (χ1v) is 3.82. The molecule has 0 radical (unpaired) electrons. The van der Waals surface area contributed by atoms with Crippen molar-refractivity contribution in [2.24, 2.45) is 5.92 Å². The van der Waals surface area contributed by atoms with E-state index in [-0.39, 0.29) is 5.92 Å². The van der Waals surface area contributed by atoms with Crippen LogP contribution in [0.15, 0.2) is 11.6 Å². The lowest BCUT2D eigenvalue weighted by molar-refractivity contribution is -0.148. The van der Waals surface area contributed by atoms with E-state index in [1.165, 1.54) is 0 Å². The molecule has 0 amide bonds. The summed E-state index contributed by atoms with van der Waals surface area (Å²) in [5.41, 5.74) is -1.18. The van der Waals surface area contributed by atoms with Crippen LogP contribution in [0.3, 0.4) is 0 Å². The zero-order valence-corrected chi connectivity index (χ0v) is 7.02. The number of allylic oxidation sites excluding steroid dienone is 1. The largest absolute Gasteiger partial charge is 0.465 e. The summed E-state index contributed by atoms with van der Waals surface area (Å²) in [7, 11) is 0.939. The topological polar surface area (TPSA) is 26.3 Å². The SMILES string of the molecule is COC(=O)C(=CC1CC1)C(F)(F)F. The summed E-state index contributed by atoms with van der Waals surface area (Å²) < 4.78 is 40.6. The molecule has 0 bridgehead atoms. The lowest BCUT2D eigenvalue weighted by Gasteiger charge is -2.08. The van der Waals surface area contributed by atoms with Gasteiger partial charge in [-0.1, -0.05) is 6.08 Å². The first-order valence-electron chi connectivity index (χ1n) is 3.82. The Balaban J connectivity index is 2.81. The van der Waals surface area contributed by atoms with Crippen molar-refractivity contribution in [3.63, 3.8) is 0 Å². The molecule has 1 aliphatic carbocycles. The number of methoxy groups -OCH3 is 1. The number of halogens is 3. The summed E-state index contributed by atoms with van der Waals surface area (Å²) in [4.78, 5) is 10.7. The number of alkyl halides is 3. The highest BCUT2D eigenvalue weighted by atomic mass is 19.4. The third-order valence-corrected chi connectivity index (χ3v) is 1.74. The number of ether oxygens (including phenoxy) is 1. The molecule has 0 spiro atoms. The Labute approximate surface area is 73.4 Å².